The number of aliphatic imine (C=N–C) groups is 1. The van der Waals surface area contributed by atoms with Gasteiger partial charge in [-0.25, -0.2) is 9.97 Å². The third kappa shape index (κ3) is 9.73. The largest absolute Gasteiger partial charge is 0.433 e. The van der Waals surface area contributed by atoms with Gasteiger partial charge in [-0.3, -0.25) is 9.89 Å². The summed E-state index contributed by atoms with van der Waals surface area (Å²) in [5.41, 5.74) is -0.967. The molecule has 0 aromatic carbocycles. The lowest BCUT2D eigenvalue weighted by atomic mass is 10.0. The van der Waals surface area contributed by atoms with Crippen molar-refractivity contribution < 1.29 is 17.9 Å². The van der Waals surface area contributed by atoms with Crippen LogP contribution in [0.5, 0.6) is 0 Å². The predicted molar refractivity (Wildman–Crippen MR) is 126 cm³/mol. The van der Waals surface area contributed by atoms with Crippen LogP contribution < -0.4 is 16.0 Å². The zero-order valence-electron chi connectivity index (χ0n) is 18.2. The Balaban J connectivity index is 0.00000480. The highest BCUT2D eigenvalue weighted by atomic mass is 127. The molecule has 1 unspecified atom stereocenters. The molecule has 0 spiro atoms. The SMILES string of the molecule is CCNC(=NCC(C(C)C)N1CCOCC1)NCCNc1nccc(C(F)(F)F)n1.I. The van der Waals surface area contributed by atoms with Gasteiger partial charge in [0, 0.05) is 45.0 Å². The van der Waals surface area contributed by atoms with E-state index in [4.69, 9.17) is 9.73 Å². The molecule has 1 atom stereocenters. The molecule has 1 aliphatic heterocycles. The molecule has 31 heavy (non-hydrogen) atoms. The van der Waals surface area contributed by atoms with Crippen molar-refractivity contribution in [1.82, 2.24) is 25.5 Å². The van der Waals surface area contributed by atoms with E-state index in [2.05, 4.69) is 44.7 Å². The number of halogens is 4. The molecule has 2 rings (SSSR count). The second-order valence-corrected chi connectivity index (χ2v) is 7.30. The first-order valence-electron chi connectivity index (χ1n) is 10.3. The minimum Gasteiger partial charge on any atom is -0.379 e. The topological polar surface area (TPSA) is 86.7 Å². The van der Waals surface area contributed by atoms with Gasteiger partial charge in [-0.15, -0.1) is 24.0 Å². The predicted octanol–water partition coefficient (Wildman–Crippen LogP) is 2.44. The zero-order valence-corrected chi connectivity index (χ0v) is 20.5. The van der Waals surface area contributed by atoms with Gasteiger partial charge in [0.15, 0.2) is 5.96 Å². The quantitative estimate of drug-likeness (QED) is 0.186. The fourth-order valence-electron chi connectivity index (χ4n) is 3.14. The molecular weight excluding hydrogens is 526 g/mol. The Morgan fingerprint density at radius 1 is 1.23 bits per heavy atom. The summed E-state index contributed by atoms with van der Waals surface area (Å²) in [5.74, 6) is 1.07. The maximum absolute atomic E-state index is 12.7. The summed E-state index contributed by atoms with van der Waals surface area (Å²) in [6.45, 7) is 11.8. The van der Waals surface area contributed by atoms with Crippen LogP contribution >= 0.6 is 24.0 Å². The number of guanidine groups is 1. The summed E-state index contributed by atoms with van der Waals surface area (Å²) < 4.78 is 43.6. The van der Waals surface area contributed by atoms with Crippen molar-refractivity contribution in [2.75, 3.05) is 57.8 Å². The Hall–Kier alpha value is -1.41. The van der Waals surface area contributed by atoms with E-state index in [1.54, 1.807) is 0 Å². The average Bonchev–Trinajstić information content (AvgIpc) is 2.71. The summed E-state index contributed by atoms with van der Waals surface area (Å²) in [4.78, 5) is 14.4. The molecule has 0 bridgehead atoms. The number of anilines is 1. The number of nitrogens with one attached hydrogen (secondary N) is 3. The molecule has 0 amide bonds. The zero-order chi connectivity index (χ0) is 22.0. The molecule has 178 valence electrons. The second-order valence-electron chi connectivity index (χ2n) is 7.30. The number of nitrogens with zero attached hydrogens (tertiary/aromatic N) is 4. The minimum atomic E-state index is -4.49. The van der Waals surface area contributed by atoms with E-state index in [1.807, 2.05) is 6.92 Å². The Morgan fingerprint density at radius 2 is 1.94 bits per heavy atom. The Labute approximate surface area is 198 Å². The summed E-state index contributed by atoms with van der Waals surface area (Å²) in [5, 5.41) is 9.18. The number of alkyl halides is 3. The van der Waals surface area contributed by atoms with E-state index in [-0.39, 0.29) is 29.9 Å². The first kappa shape index (κ1) is 27.6. The first-order valence-corrected chi connectivity index (χ1v) is 10.3. The highest BCUT2D eigenvalue weighted by Crippen LogP contribution is 2.27. The van der Waals surface area contributed by atoms with Crippen LogP contribution in [0.1, 0.15) is 26.5 Å². The van der Waals surface area contributed by atoms with E-state index < -0.39 is 11.9 Å². The number of aromatic nitrogens is 2. The lowest BCUT2D eigenvalue weighted by Gasteiger charge is -2.36. The van der Waals surface area contributed by atoms with E-state index >= 15 is 0 Å². The first-order chi connectivity index (χ1) is 14.3. The van der Waals surface area contributed by atoms with Gasteiger partial charge in [0.2, 0.25) is 5.95 Å². The van der Waals surface area contributed by atoms with Crippen LogP contribution in [0.15, 0.2) is 17.3 Å². The van der Waals surface area contributed by atoms with Gasteiger partial charge in [-0.1, -0.05) is 13.8 Å². The molecule has 2 heterocycles. The standard InChI is InChI=1S/C19H32F3N7O.HI/c1-4-23-17(27-13-15(14(2)3)29-9-11-30-12-10-29)25-7-8-26-18-24-6-5-16(28-18)19(20,21)22;/h5-6,14-15H,4,7-13H2,1-3H3,(H2,23,25,27)(H,24,26,28);1H. The van der Waals surface area contributed by atoms with Gasteiger partial charge in [-0.05, 0) is 18.9 Å². The Morgan fingerprint density at radius 3 is 2.55 bits per heavy atom. The number of hydrogen-bond donors (Lipinski definition) is 3. The monoisotopic (exact) mass is 559 g/mol. The van der Waals surface area contributed by atoms with E-state index in [9.17, 15) is 13.2 Å². The Bertz CT molecular complexity index is 670. The molecule has 1 aromatic rings. The van der Waals surface area contributed by atoms with Crippen LogP contribution in [0.2, 0.25) is 0 Å². The second kappa shape index (κ2) is 13.9. The molecule has 0 saturated carbocycles. The van der Waals surface area contributed by atoms with Crippen LogP contribution in [0.25, 0.3) is 0 Å². The van der Waals surface area contributed by atoms with E-state index in [1.165, 1.54) is 0 Å². The third-order valence-corrected chi connectivity index (χ3v) is 4.71. The van der Waals surface area contributed by atoms with Crippen molar-refractivity contribution in [3.63, 3.8) is 0 Å². The molecule has 1 saturated heterocycles. The van der Waals surface area contributed by atoms with Crippen LogP contribution in [-0.4, -0.2) is 79.4 Å². The van der Waals surface area contributed by atoms with Gasteiger partial charge in [0.05, 0.1) is 19.8 Å². The van der Waals surface area contributed by atoms with Gasteiger partial charge < -0.3 is 20.7 Å². The molecule has 1 aromatic heterocycles. The Kier molecular flexibility index (Phi) is 12.4. The van der Waals surface area contributed by atoms with Crippen molar-refractivity contribution in [2.24, 2.45) is 10.9 Å². The molecule has 0 radical (unpaired) electrons. The molecule has 0 aliphatic carbocycles. The lowest BCUT2D eigenvalue weighted by molar-refractivity contribution is -0.141. The molecule has 1 aliphatic rings. The summed E-state index contributed by atoms with van der Waals surface area (Å²) in [6, 6.07) is 1.17. The maximum atomic E-state index is 12.7. The lowest BCUT2D eigenvalue weighted by Crippen LogP contribution is -2.48. The van der Waals surface area contributed by atoms with Crippen LogP contribution in [0, 0.1) is 5.92 Å². The van der Waals surface area contributed by atoms with Crippen molar-refractivity contribution in [3.8, 4) is 0 Å². The number of hydrogen-bond acceptors (Lipinski definition) is 6. The highest BCUT2D eigenvalue weighted by Gasteiger charge is 2.32. The van der Waals surface area contributed by atoms with E-state index in [0.29, 0.717) is 44.1 Å². The van der Waals surface area contributed by atoms with Crippen molar-refractivity contribution in [1.29, 1.82) is 0 Å². The number of rotatable bonds is 9. The normalized spacial score (nSPS) is 16.5. The fourth-order valence-corrected chi connectivity index (χ4v) is 3.14. The highest BCUT2D eigenvalue weighted by molar-refractivity contribution is 14.0. The minimum absolute atomic E-state index is 0. The number of ether oxygens (including phenoxy) is 1. The van der Waals surface area contributed by atoms with Gasteiger partial charge in [0.1, 0.15) is 5.69 Å². The van der Waals surface area contributed by atoms with Gasteiger partial charge in [0.25, 0.3) is 0 Å². The molecule has 3 N–H and O–H groups in total. The molecular formula is C19H33F3IN7O. The van der Waals surface area contributed by atoms with Crippen molar-refractivity contribution >= 4 is 35.9 Å². The summed E-state index contributed by atoms with van der Waals surface area (Å²) in [7, 11) is 0. The molecule has 8 nitrogen and oxygen atoms in total. The van der Waals surface area contributed by atoms with Gasteiger partial charge in [-0.2, -0.15) is 13.2 Å². The van der Waals surface area contributed by atoms with E-state index in [0.717, 1.165) is 38.6 Å². The summed E-state index contributed by atoms with van der Waals surface area (Å²) in [6.07, 6.45) is -3.40. The molecule has 12 heteroatoms. The third-order valence-electron chi connectivity index (χ3n) is 4.71. The molecule has 1 fully saturated rings. The van der Waals surface area contributed by atoms with Crippen molar-refractivity contribution in [3.05, 3.63) is 18.0 Å². The number of morpholine rings is 1. The van der Waals surface area contributed by atoms with Gasteiger partial charge >= 0.3 is 6.18 Å². The maximum Gasteiger partial charge on any atom is 0.433 e. The average molecular weight is 559 g/mol. The summed E-state index contributed by atoms with van der Waals surface area (Å²) >= 11 is 0. The van der Waals surface area contributed by atoms with Crippen LogP contribution in [0.3, 0.4) is 0 Å². The fraction of sp³-hybridized carbons (Fsp3) is 0.737. The van der Waals surface area contributed by atoms with Crippen LogP contribution in [0.4, 0.5) is 19.1 Å². The smallest absolute Gasteiger partial charge is 0.379 e. The van der Waals surface area contributed by atoms with Crippen LogP contribution in [-0.2, 0) is 10.9 Å². The van der Waals surface area contributed by atoms with Crippen molar-refractivity contribution in [2.45, 2.75) is 33.0 Å².